The van der Waals surface area contributed by atoms with Gasteiger partial charge in [0, 0.05) is 38.9 Å². The number of carbonyl (C=O) groups excluding carboxylic acids is 1. The van der Waals surface area contributed by atoms with Gasteiger partial charge in [-0.25, -0.2) is 4.98 Å². The smallest absolute Gasteiger partial charge is 0.280 e. The highest BCUT2D eigenvalue weighted by molar-refractivity contribution is 7.22. The Morgan fingerprint density at radius 1 is 1.29 bits per heavy atom. The van der Waals surface area contributed by atoms with Crippen molar-refractivity contribution in [3.8, 4) is 0 Å². The number of fused-ring (bicyclic) bond motifs is 1. The van der Waals surface area contributed by atoms with E-state index in [0.29, 0.717) is 12.2 Å². The lowest BCUT2D eigenvalue weighted by atomic mass is 10.2. The van der Waals surface area contributed by atoms with Gasteiger partial charge in [0.05, 0.1) is 23.4 Å². The molecule has 3 aromatic rings. The fraction of sp³-hybridized carbons (Fsp3) is 0.450. The molecule has 1 amide bonds. The number of carbonyl (C=O) groups is 1. The lowest BCUT2D eigenvalue weighted by Crippen LogP contribution is -2.43. The standard InChI is InChI=1S/C20H25N5O2S/c1-3-24-8-7-16(22-24)19(26)25(10-9-23-11-13-27-14-12-23)20-21-18-15(2)5-4-6-17(18)28-20/h4-8H,3,9-14H2,1-2H3. The second-order valence-corrected chi connectivity index (χ2v) is 7.89. The van der Waals surface area contributed by atoms with Gasteiger partial charge >= 0.3 is 0 Å². The van der Waals surface area contributed by atoms with Crippen molar-refractivity contribution in [3.05, 3.63) is 41.7 Å². The van der Waals surface area contributed by atoms with Crippen LogP contribution in [-0.2, 0) is 11.3 Å². The Kier molecular flexibility index (Phi) is 5.70. The summed E-state index contributed by atoms with van der Waals surface area (Å²) in [5.41, 5.74) is 2.54. The summed E-state index contributed by atoms with van der Waals surface area (Å²) in [5.74, 6) is -0.0998. The normalized spacial score (nSPS) is 15.2. The molecule has 1 aliphatic heterocycles. The molecule has 0 atom stereocenters. The van der Waals surface area contributed by atoms with E-state index in [1.54, 1.807) is 27.0 Å². The van der Waals surface area contributed by atoms with E-state index in [-0.39, 0.29) is 5.91 Å². The molecule has 2 aromatic heterocycles. The number of benzene rings is 1. The van der Waals surface area contributed by atoms with Gasteiger partial charge in [0.1, 0.15) is 0 Å². The van der Waals surface area contributed by atoms with Crippen LogP contribution in [0.3, 0.4) is 0 Å². The predicted octanol–water partition coefficient (Wildman–Crippen LogP) is 2.80. The fourth-order valence-corrected chi connectivity index (χ4v) is 4.40. The van der Waals surface area contributed by atoms with Crippen LogP contribution in [0.1, 0.15) is 23.0 Å². The predicted molar refractivity (Wildman–Crippen MR) is 111 cm³/mol. The van der Waals surface area contributed by atoms with Crippen LogP contribution in [0.4, 0.5) is 5.13 Å². The number of rotatable bonds is 6. The quantitative estimate of drug-likeness (QED) is 0.638. The van der Waals surface area contributed by atoms with E-state index in [2.05, 4.69) is 29.1 Å². The van der Waals surface area contributed by atoms with Crippen molar-refractivity contribution in [2.45, 2.75) is 20.4 Å². The van der Waals surface area contributed by atoms with Crippen molar-refractivity contribution in [1.29, 1.82) is 0 Å². The van der Waals surface area contributed by atoms with E-state index in [9.17, 15) is 4.79 Å². The van der Waals surface area contributed by atoms with Crippen molar-refractivity contribution >= 4 is 32.6 Å². The number of morpholine rings is 1. The molecular weight excluding hydrogens is 374 g/mol. The van der Waals surface area contributed by atoms with E-state index in [4.69, 9.17) is 9.72 Å². The van der Waals surface area contributed by atoms with E-state index >= 15 is 0 Å². The molecule has 0 N–H and O–H groups in total. The van der Waals surface area contributed by atoms with Crippen LogP contribution in [0.2, 0.25) is 0 Å². The average Bonchev–Trinajstić information content (AvgIpc) is 3.36. The summed E-state index contributed by atoms with van der Waals surface area (Å²) in [6, 6.07) is 7.92. The molecule has 1 aliphatic rings. The zero-order chi connectivity index (χ0) is 19.5. The van der Waals surface area contributed by atoms with Gasteiger partial charge in [0.2, 0.25) is 0 Å². The maximum atomic E-state index is 13.3. The SMILES string of the molecule is CCn1ccc(C(=O)N(CCN2CCOCC2)c2nc3c(C)cccc3s2)n1. The Morgan fingerprint density at radius 2 is 2.11 bits per heavy atom. The molecule has 0 saturated carbocycles. The monoisotopic (exact) mass is 399 g/mol. The molecule has 1 fully saturated rings. The first-order chi connectivity index (χ1) is 13.7. The molecule has 0 bridgehead atoms. The van der Waals surface area contributed by atoms with E-state index < -0.39 is 0 Å². The third-order valence-electron chi connectivity index (χ3n) is 5.01. The van der Waals surface area contributed by atoms with Gasteiger partial charge in [-0.05, 0) is 31.5 Å². The summed E-state index contributed by atoms with van der Waals surface area (Å²) in [6.07, 6.45) is 1.84. The third-order valence-corrected chi connectivity index (χ3v) is 6.06. The van der Waals surface area contributed by atoms with Crippen LogP contribution in [0, 0.1) is 6.92 Å². The molecule has 148 valence electrons. The second-order valence-electron chi connectivity index (χ2n) is 6.89. The molecule has 0 radical (unpaired) electrons. The van der Waals surface area contributed by atoms with Gasteiger partial charge in [-0.2, -0.15) is 5.10 Å². The molecule has 4 rings (SSSR count). The Labute approximate surface area is 168 Å². The van der Waals surface area contributed by atoms with Crippen molar-refractivity contribution < 1.29 is 9.53 Å². The number of aryl methyl sites for hydroxylation is 2. The fourth-order valence-electron chi connectivity index (χ4n) is 3.33. The van der Waals surface area contributed by atoms with Crippen molar-refractivity contribution in [2.24, 2.45) is 0 Å². The van der Waals surface area contributed by atoms with Crippen LogP contribution in [0.15, 0.2) is 30.5 Å². The molecular formula is C20H25N5O2S. The molecule has 0 aliphatic carbocycles. The van der Waals surface area contributed by atoms with Gasteiger partial charge in [-0.3, -0.25) is 19.3 Å². The summed E-state index contributed by atoms with van der Waals surface area (Å²) in [7, 11) is 0. The minimum atomic E-state index is -0.0998. The van der Waals surface area contributed by atoms with E-state index in [1.165, 1.54) is 0 Å². The second kappa shape index (κ2) is 8.38. The zero-order valence-corrected chi connectivity index (χ0v) is 17.1. The summed E-state index contributed by atoms with van der Waals surface area (Å²) < 4.78 is 8.30. The number of hydrogen-bond donors (Lipinski definition) is 0. The lowest BCUT2D eigenvalue weighted by Gasteiger charge is -2.29. The molecule has 0 unspecified atom stereocenters. The molecule has 1 saturated heterocycles. The average molecular weight is 400 g/mol. The number of aromatic nitrogens is 3. The lowest BCUT2D eigenvalue weighted by molar-refractivity contribution is 0.0391. The highest BCUT2D eigenvalue weighted by Gasteiger charge is 2.24. The van der Waals surface area contributed by atoms with Crippen molar-refractivity contribution in [1.82, 2.24) is 19.7 Å². The summed E-state index contributed by atoms with van der Waals surface area (Å²) in [6.45, 7) is 9.44. The van der Waals surface area contributed by atoms with Crippen LogP contribution >= 0.6 is 11.3 Å². The summed E-state index contributed by atoms with van der Waals surface area (Å²) in [5, 5.41) is 5.14. The van der Waals surface area contributed by atoms with Crippen molar-refractivity contribution in [3.63, 3.8) is 0 Å². The first kappa shape index (κ1) is 19.0. The van der Waals surface area contributed by atoms with Crippen LogP contribution in [0.5, 0.6) is 0 Å². The number of hydrogen-bond acceptors (Lipinski definition) is 6. The van der Waals surface area contributed by atoms with Crippen molar-refractivity contribution in [2.75, 3.05) is 44.3 Å². The van der Waals surface area contributed by atoms with Gasteiger partial charge in [0.25, 0.3) is 5.91 Å². The number of thiazole rings is 1. The highest BCUT2D eigenvalue weighted by atomic mass is 32.1. The van der Waals surface area contributed by atoms with Crippen LogP contribution in [-0.4, -0.2) is 65.0 Å². The number of nitrogens with zero attached hydrogens (tertiary/aromatic N) is 5. The number of anilines is 1. The Balaban J connectivity index is 1.63. The molecule has 7 nitrogen and oxygen atoms in total. The maximum Gasteiger partial charge on any atom is 0.280 e. The molecule has 0 spiro atoms. The van der Waals surface area contributed by atoms with Gasteiger partial charge < -0.3 is 4.74 Å². The molecule has 1 aromatic carbocycles. The minimum absolute atomic E-state index is 0.0998. The van der Waals surface area contributed by atoms with E-state index in [0.717, 1.165) is 60.3 Å². The number of ether oxygens (including phenoxy) is 1. The van der Waals surface area contributed by atoms with Gasteiger partial charge in [-0.15, -0.1) is 0 Å². The van der Waals surface area contributed by atoms with E-state index in [1.807, 2.05) is 19.2 Å². The maximum absolute atomic E-state index is 13.3. The topological polar surface area (TPSA) is 63.5 Å². The largest absolute Gasteiger partial charge is 0.379 e. The highest BCUT2D eigenvalue weighted by Crippen LogP contribution is 2.31. The molecule has 3 heterocycles. The Hall–Kier alpha value is -2.29. The third kappa shape index (κ3) is 3.94. The first-order valence-corrected chi connectivity index (χ1v) is 10.5. The Morgan fingerprint density at radius 3 is 2.82 bits per heavy atom. The molecule has 28 heavy (non-hydrogen) atoms. The van der Waals surface area contributed by atoms with Crippen LogP contribution in [0.25, 0.3) is 10.2 Å². The summed E-state index contributed by atoms with van der Waals surface area (Å²) in [4.78, 5) is 22.2. The number of amides is 1. The zero-order valence-electron chi connectivity index (χ0n) is 16.3. The van der Waals surface area contributed by atoms with Gasteiger partial charge in [0.15, 0.2) is 10.8 Å². The van der Waals surface area contributed by atoms with Crippen LogP contribution < -0.4 is 4.90 Å². The number of para-hydroxylation sites is 1. The molecule has 8 heteroatoms. The minimum Gasteiger partial charge on any atom is -0.379 e. The van der Waals surface area contributed by atoms with Gasteiger partial charge in [-0.1, -0.05) is 23.5 Å². The Bertz CT molecular complexity index is 961. The first-order valence-electron chi connectivity index (χ1n) is 9.67. The summed E-state index contributed by atoms with van der Waals surface area (Å²) >= 11 is 1.56.